The van der Waals surface area contributed by atoms with Crippen molar-refractivity contribution in [1.82, 2.24) is 0 Å². The van der Waals surface area contributed by atoms with E-state index in [1.807, 2.05) is 6.92 Å². The minimum absolute atomic E-state index is 0.0670. The van der Waals surface area contributed by atoms with Crippen molar-refractivity contribution in [1.29, 1.82) is 0 Å². The van der Waals surface area contributed by atoms with Crippen LogP contribution < -0.4 is 10.1 Å². The molecule has 0 aromatic heterocycles. The Morgan fingerprint density at radius 2 is 2.00 bits per heavy atom. The first-order chi connectivity index (χ1) is 9.51. The second-order valence-corrected chi connectivity index (χ2v) is 5.28. The van der Waals surface area contributed by atoms with Crippen molar-refractivity contribution in [3.05, 3.63) is 52.3 Å². The van der Waals surface area contributed by atoms with E-state index in [0.717, 1.165) is 10.0 Å². The quantitative estimate of drug-likeness (QED) is 0.863. The van der Waals surface area contributed by atoms with Gasteiger partial charge in [-0.05, 0) is 58.7 Å². The fraction of sp³-hybridized carbons (Fsp3) is 0.200. The van der Waals surface area contributed by atoms with Crippen LogP contribution in [0.3, 0.4) is 0 Å². The molecule has 0 aliphatic heterocycles. The van der Waals surface area contributed by atoms with Crippen molar-refractivity contribution in [3.8, 4) is 11.5 Å². The summed E-state index contributed by atoms with van der Waals surface area (Å²) in [7, 11) is 1.50. The standard InChI is InChI=1S/C15H15BrFNO2/c1-9(10-3-6-14(19)15(7-10)20-2)18-13-8-11(17)4-5-12(13)16/h3-9,18-19H,1-2H3. The molecule has 5 heteroatoms. The van der Waals surface area contributed by atoms with Crippen LogP contribution in [0.2, 0.25) is 0 Å². The molecule has 0 fully saturated rings. The van der Waals surface area contributed by atoms with Gasteiger partial charge < -0.3 is 15.2 Å². The lowest BCUT2D eigenvalue weighted by molar-refractivity contribution is 0.373. The van der Waals surface area contributed by atoms with E-state index in [1.54, 1.807) is 24.3 Å². The molecule has 1 atom stereocenters. The molecule has 0 spiro atoms. The number of phenolic OH excluding ortho intramolecular Hbond substituents is 1. The summed E-state index contributed by atoms with van der Waals surface area (Å²) in [4.78, 5) is 0. The highest BCUT2D eigenvalue weighted by molar-refractivity contribution is 9.10. The number of ether oxygens (including phenoxy) is 1. The molecule has 0 heterocycles. The molecular formula is C15H15BrFNO2. The van der Waals surface area contributed by atoms with Gasteiger partial charge in [0, 0.05) is 10.5 Å². The maximum absolute atomic E-state index is 13.3. The second kappa shape index (κ2) is 6.13. The number of halogens is 2. The van der Waals surface area contributed by atoms with Gasteiger partial charge in [0.15, 0.2) is 11.5 Å². The summed E-state index contributed by atoms with van der Waals surface area (Å²) in [5, 5.41) is 12.8. The molecule has 2 N–H and O–H groups in total. The first-order valence-electron chi connectivity index (χ1n) is 6.09. The third-order valence-corrected chi connectivity index (χ3v) is 3.70. The summed E-state index contributed by atoms with van der Waals surface area (Å²) in [5.74, 6) is 0.205. The Bertz CT molecular complexity index is 619. The van der Waals surface area contributed by atoms with Crippen molar-refractivity contribution < 1.29 is 14.2 Å². The molecule has 106 valence electrons. The molecule has 2 aromatic rings. The Morgan fingerprint density at radius 1 is 1.25 bits per heavy atom. The number of phenols is 1. The topological polar surface area (TPSA) is 41.5 Å². The predicted octanol–water partition coefficient (Wildman–Crippen LogP) is 4.48. The van der Waals surface area contributed by atoms with E-state index in [2.05, 4.69) is 21.2 Å². The van der Waals surface area contributed by atoms with E-state index in [9.17, 15) is 9.50 Å². The van der Waals surface area contributed by atoms with Crippen LogP contribution in [0.25, 0.3) is 0 Å². The number of hydrogen-bond acceptors (Lipinski definition) is 3. The molecule has 0 amide bonds. The van der Waals surface area contributed by atoms with Gasteiger partial charge in [0.25, 0.3) is 0 Å². The lowest BCUT2D eigenvalue weighted by Crippen LogP contribution is -2.07. The van der Waals surface area contributed by atoms with Crippen molar-refractivity contribution in [2.24, 2.45) is 0 Å². The van der Waals surface area contributed by atoms with Crippen molar-refractivity contribution in [2.45, 2.75) is 13.0 Å². The highest BCUT2D eigenvalue weighted by atomic mass is 79.9. The molecule has 0 saturated heterocycles. The molecule has 0 aliphatic rings. The van der Waals surface area contributed by atoms with E-state index in [1.165, 1.54) is 19.2 Å². The van der Waals surface area contributed by atoms with Crippen LogP contribution in [0.5, 0.6) is 11.5 Å². The molecule has 0 saturated carbocycles. The van der Waals surface area contributed by atoms with Crippen LogP contribution in [0.1, 0.15) is 18.5 Å². The zero-order valence-corrected chi connectivity index (χ0v) is 12.7. The van der Waals surface area contributed by atoms with E-state index in [4.69, 9.17) is 4.74 Å². The summed E-state index contributed by atoms with van der Waals surface area (Å²) in [6.45, 7) is 1.95. The lowest BCUT2D eigenvalue weighted by atomic mass is 10.1. The summed E-state index contributed by atoms with van der Waals surface area (Å²) in [6, 6.07) is 9.53. The number of aromatic hydroxyl groups is 1. The Balaban J connectivity index is 2.23. The smallest absolute Gasteiger partial charge is 0.160 e. The Hall–Kier alpha value is -1.75. The van der Waals surface area contributed by atoms with Gasteiger partial charge in [-0.2, -0.15) is 0 Å². The van der Waals surface area contributed by atoms with Gasteiger partial charge in [-0.1, -0.05) is 6.07 Å². The minimum atomic E-state index is -0.300. The van der Waals surface area contributed by atoms with E-state index >= 15 is 0 Å². The lowest BCUT2D eigenvalue weighted by Gasteiger charge is -2.18. The van der Waals surface area contributed by atoms with E-state index < -0.39 is 0 Å². The molecule has 2 aromatic carbocycles. The highest BCUT2D eigenvalue weighted by Crippen LogP contribution is 2.32. The molecule has 3 nitrogen and oxygen atoms in total. The number of nitrogens with one attached hydrogen (secondary N) is 1. The molecule has 20 heavy (non-hydrogen) atoms. The van der Waals surface area contributed by atoms with Gasteiger partial charge in [-0.3, -0.25) is 0 Å². The number of methoxy groups -OCH3 is 1. The third kappa shape index (κ3) is 3.22. The fourth-order valence-corrected chi connectivity index (χ4v) is 2.25. The SMILES string of the molecule is COc1cc(C(C)Nc2cc(F)ccc2Br)ccc1O. The van der Waals surface area contributed by atoms with Gasteiger partial charge >= 0.3 is 0 Å². The number of rotatable bonds is 4. The van der Waals surface area contributed by atoms with E-state index in [-0.39, 0.29) is 17.6 Å². The van der Waals surface area contributed by atoms with Crippen molar-refractivity contribution in [2.75, 3.05) is 12.4 Å². The molecule has 0 aliphatic carbocycles. The third-order valence-electron chi connectivity index (χ3n) is 3.00. The van der Waals surface area contributed by atoms with Crippen LogP contribution in [0.4, 0.5) is 10.1 Å². The van der Waals surface area contributed by atoms with Gasteiger partial charge in [0.1, 0.15) is 5.82 Å². The Kier molecular flexibility index (Phi) is 4.49. The number of benzene rings is 2. The highest BCUT2D eigenvalue weighted by Gasteiger charge is 2.11. The molecule has 1 unspecified atom stereocenters. The maximum atomic E-state index is 13.3. The van der Waals surface area contributed by atoms with Gasteiger partial charge in [0.05, 0.1) is 12.8 Å². The van der Waals surface area contributed by atoms with Crippen LogP contribution in [0.15, 0.2) is 40.9 Å². The van der Waals surface area contributed by atoms with Crippen molar-refractivity contribution in [3.63, 3.8) is 0 Å². The van der Waals surface area contributed by atoms with Crippen LogP contribution in [0, 0.1) is 5.82 Å². The summed E-state index contributed by atoms with van der Waals surface area (Å²) in [6.07, 6.45) is 0. The normalized spacial score (nSPS) is 12.0. The number of anilines is 1. The van der Waals surface area contributed by atoms with Crippen LogP contribution in [-0.4, -0.2) is 12.2 Å². The molecule has 0 bridgehead atoms. The van der Waals surface area contributed by atoms with Crippen LogP contribution in [-0.2, 0) is 0 Å². The first-order valence-corrected chi connectivity index (χ1v) is 6.89. The summed E-state index contributed by atoms with van der Waals surface area (Å²) in [5.41, 5.74) is 1.60. The van der Waals surface area contributed by atoms with Gasteiger partial charge in [-0.25, -0.2) is 4.39 Å². The first kappa shape index (κ1) is 14.7. The largest absolute Gasteiger partial charge is 0.504 e. The van der Waals surface area contributed by atoms with Crippen molar-refractivity contribution >= 4 is 21.6 Å². The number of hydrogen-bond donors (Lipinski definition) is 2. The average Bonchev–Trinajstić information content (AvgIpc) is 2.43. The minimum Gasteiger partial charge on any atom is -0.504 e. The zero-order valence-electron chi connectivity index (χ0n) is 11.2. The zero-order chi connectivity index (χ0) is 14.7. The molecule has 2 rings (SSSR count). The molecule has 0 radical (unpaired) electrons. The van der Waals surface area contributed by atoms with Gasteiger partial charge in [0.2, 0.25) is 0 Å². The van der Waals surface area contributed by atoms with Crippen LogP contribution >= 0.6 is 15.9 Å². The summed E-state index contributed by atoms with van der Waals surface area (Å²) >= 11 is 3.38. The predicted molar refractivity (Wildman–Crippen MR) is 80.8 cm³/mol. The fourth-order valence-electron chi connectivity index (χ4n) is 1.89. The average molecular weight is 340 g/mol. The van der Waals surface area contributed by atoms with E-state index in [0.29, 0.717) is 11.4 Å². The Morgan fingerprint density at radius 3 is 2.70 bits per heavy atom. The monoisotopic (exact) mass is 339 g/mol. The Labute approximate surface area is 125 Å². The van der Waals surface area contributed by atoms with Gasteiger partial charge in [-0.15, -0.1) is 0 Å². The summed E-state index contributed by atoms with van der Waals surface area (Å²) < 4.78 is 19.1. The molecular weight excluding hydrogens is 325 g/mol. The maximum Gasteiger partial charge on any atom is 0.160 e. The second-order valence-electron chi connectivity index (χ2n) is 4.42.